The van der Waals surface area contributed by atoms with Crippen molar-refractivity contribution in [3.63, 3.8) is 0 Å². The molecular weight excluding hydrogens is 206 g/mol. The van der Waals surface area contributed by atoms with Crippen LogP contribution in [0.25, 0.3) is 0 Å². The summed E-state index contributed by atoms with van der Waals surface area (Å²) in [5, 5.41) is 8.65. The van der Waals surface area contributed by atoms with Crippen molar-refractivity contribution < 1.29 is 9.76 Å². The second-order valence-corrected chi connectivity index (χ2v) is 2.02. The molecule has 2 radical (unpaired) electrons. The molecule has 0 aromatic carbocycles. The molecule has 0 fully saturated rings. The van der Waals surface area contributed by atoms with E-state index < -0.39 is 6.10 Å². The van der Waals surface area contributed by atoms with E-state index in [-0.39, 0.29) is 6.61 Å². The van der Waals surface area contributed by atoms with E-state index in [0.29, 0.717) is 4.43 Å². The van der Waals surface area contributed by atoms with Gasteiger partial charge < -0.3 is 9.76 Å². The minimum atomic E-state index is -0.411. The first-order valence-electron chi connectivity index (χ1n) is 1.87. The van der Waals surface area contributed by atoms with E-state index in [0.717, 1.165) is 0 Å². The third-order valence-corrected chi connectivity index (χ3v) is 1.48. The van der Waals surface area contributed by atoms with Crippen LogP contribution in [0.1, 0.15) is 0 Å². The maximum Gasteiger partial charge on any atom is 0.282 e. The van der Waals surface area contributed by atoms with Crippen molar-refractivity contribution >= 4 is 30.6 Å². The molecule has 0 aliphatic heterocycles. The second-order valence-electron chi connectivity index (χ2n) is 1.14. The summed E-state index contributed by atoms with van der Waals surface area (Å²) in [4.78, 5) is 0. The monoisotopic (exact) mass is 212 g/mol. The highest BCUT2D eigenvalue weighted by Gasteiger charge is 1.96. The molecule has 0 aliphatic rings. The molecule has 0 spiro atoms. The summed E-state index contributed by atoms with van der Waals surface area (Å²) in [5.74, 6) is 0. The quantitative estimate of drug-likeness (QED) is 0.401. The zero-order chi connectivity index (χ0) is 5.70. The molecule has 0 aliphatic carbocycles. The first-order valence-corrected chi connectivity index (χ1v) is 3.39. The summed E-state index contributed by atoms with van der Waals surface area (Å²) < 4.78 is 4.80. The first-order chi connectivity index (χ1) is 3.31. The van der Waals surface area contributed by atoms with E-state index >= 15 is 0 Å². The molecule has 0 aromatic rings. The Balaban J connectivity index is 2.83. The molecule has 40 valence electrons. The minimum absolute atomic E-state index is 0.225. The highest BCUT2D eigenvalue weighted by molar-refractivity contribution is 14.1. The van der Waals surface area contributed by atoms with Gasteiger partial charge in [0.15, 0.2) is 0 Å². The molecule has 2 nitrogen and oxygen atoms in total. The van der Waals surface area contributed by atoms with Gasteiger partial charge in [0, 0.05) is 4.43 Å². The number of halogens is 1. The summed E-state index contributed by atoms with van der Waals surface area (Å²) in [6, 6.07) is 0. The van der Waals surface area contributed by atoms with Crippen LogP contribution in [0.4, 0.5) is 0 Å². The summed E-state index contributed by atoms with van der Waals surface area (Å²) >= 11 is 2.05. The predicted octanol–water partition coefficient (Wildman–Crippen LogP) is -0.118. The van der Waals surface area contributed by atoms with Crippen molar-refractivity contribution in [1.29, 1.82) is 0 Å². The Morgan fingerprint density at radius 2 is 2.43 bits per heavy atom. The topological polar surface area (TPSA) is 29.5 Å². The molecule has 0 aromatic heterocycles. The Kier molecular flexibility index (Phi) is 5.36. The predicted molar refractivity (Wildman–Crippen MR) is 36.6 cm³/mol. The van der Waals surface area contributed by atoms with Gasteiger partial charge in [-0.05, 0) is 0 Å². The minimum Gasteiger partial charge on any atom is -0.445 e. The standard InChI is InChI=1S/C3H6BIO2/c4-7-2-3(6)1-5/h3,6H,1-2H2. The zero-order valence-electron chi connectivity index (χ0n) is 3.80. The van der Waals surface area contributed by atoms with E-state index in [1.807, 2.05) is 0 Å². The van der Waals surface area contributed by atoms with Gasteiger partial charge in [-0.25, -0.2) is 0 Å². The van der Waals surface area contributed by atoms with Crippen LogP contribution in [0.2, 0.25) is 0 Å². The third-order valence-electron chi connectivity index (χ3n) is 0.467. The molecule has 4 heteroatoms. The highest BCUT2D eigenvalue weighted by Crippen LogP contribution is 1.89. The molecule has 1 N–H and O–H groups in total. The van der Waals surface area contributed by atoms with Gasteiger partial charge in [-0.1, -0.05) is 22.6 Å². The maximum absolute atomic E-state index is 8.65. The van der Waals surface area contributed by atoms with E-state index in [1.165, 1.54) is 0 Å². The summed E-state index contributed by atoms with van der Waals surface area (Å²) in [6.45, 7) is 0.225. The molecular formula is C3H6BIO2. The van der Waals surface area contributed by atoms with Crippen LogP contribution in [-0.4, -0.2) is 30.3 Å². The lowest BCUT2D eigenvalue weighted by Crippen LogP contribution is -2.14. The lowest BCUT2D eigenvalue weighted by Gasteiger charge is -2.02. The van der Waals surface area contributed by atoms with E-state index in [1.54, 1.807) is 0 Å². The van der Waals surface area contributed by atoms with Crippen molar-refractivity contribution in [3.8, 4) is 0 Å². The van der Waals surface area contributed by atoms with Gasteiger partial charge in [0.25, 0.3) is 8.05 Å². The average molecular weight is 212 g/mol. The van der Waals surface area contributed by atoms with Crippen molar-refractivity contribution in [3.05, 3.63) is 0 Å². The van der Waals surface area contributed by atoms with E-state index in [9.17, 15) is 0 Å². The van der Waals surface area contributed by atoms with Crippen molar-refractivity contribution in [1.82, 2.24) is 0 Å². The lowest BCUT2D eigenvalue weighted by atomic mass is 10.4. The molecule has 0 amide bonds. The Labute approximate surface area is 57.8 Å². The maximum atomic E-state index is 8.65. The lowest BCUT2D eigenvalue weighted by molar-refractivity contribution is 0.135. The van der Waals surface area contributed by atoms with E-state index in [4.69, 9.17) is 5.11 Å². The number of alkyl halides is 1. The molecule has 0 saturated heterocycles. The van der Waals surface area contributed by atoms with Crippen LogP contribution in [-0.2, 0) is 4.65 Å². The Morgan fingerprint density at radius 3 is 2.57 bits per heavy atom. The molecule has 0 bridgehead atoms. The smallest absolute Gasteiger partial charge is 0.282 e. The zero-order valence-corrected chi connectivity index (χ0v) is 5.96. The Morgan fingerprint density at radius 1 is 1.86 bits per heavy atom. The Bertz CT molecular complexity index is 43.9. The van der Waals surface area contributed by atoms with Gasteiger partial charge in [0.05, 0.1) is 12.7 Å². The van der Waals surface area contributed by atoms with Crippen LogP contribution in [0, 0.1) is 0 Å². The van der Waals surface area contributed by atoms with Gasteiger partial charge in [-0.15, -0.1) is 0 Å². The van der Waals surface area contributed by atoms with Crippen molar-refractivity contribution in [2.45, 2.75) is 6.10 Å². The van der Waals surface area contributed by atoms with Crippen molar-refractivity contribution in [2.75, 3.05) is 11.0 Å². The highest BCUT2D eigenvalue weighted by atomic mass is 127. The van der Waals surface area contributed by atoms with Gasteiger partial charge in [-0.3, -0.25) is 0 Å². The normalized spacial score (nSPS) is 14.0. The Hall–Kier alpha value is 0.715. The fourth-order valence-electron chi connectivity index (χ4n) is 0.156. The van der Waals surface area contributed by atoms with Gasteiger partial charge >= 0.3 is 0 Å². The SMILES string of the molecule is [B]OCC(O)CI. The number of aliphatic hydroxyl groups is 1. The number of hydrogen-bond acceptors (Lipinski definition) is 2. The third kappa shape index (κ3) is 4.57. The van der Waals surface area contributed by atoms with E-state index in [2.05, 4.69) is 35.3 Å². The second kappa shape index (κ2) is 4.86. The summed E-state index contributed by atoms with van der Waals surface area (Å²) in [7, 11) is 4.64. The molecule has 0 saturated carbocycles. The molecule has 1 atom stereocenters. The fraction of sp³-hybridized carbons (Fsp3) is 1.00. The molecule has 0 heterocycles. The molecule has 7 heavy (non-hydrogen) atoms. The largest absolute Gasteiger partial charge is 0.445 e. The van der Waals surface area contributed by atoms with Crippen LogP contribution < -0.4 is 0 Å². The first kappa shape index (κ1) is 7.71. The summed E-state index contributed by atoms with van der Waals surface area (Å²) in [5.41, 5.74) is 0. The van der Waals surface area contributed by atoms with Crippen LogP contribution >= 0.6 is 22.6 Å². The van der Waals surface area contributed by atoms with Gasteiger partial charge in [-0.2, -0.15) is 0 Å². The molecule has 0 rings (SSSR count). The number of rotatable bonds is 3. The number of aliphatic hydroxyl groups excluding tert-OH is 1. The van der Waals surface area contributed by atoms with Crippen molar-refractivity contribution in [2.24, 2.45) is 0 Å². The molecule has 1 unspecified atom stereocenters. The fourth-order valence-corrected chi connectivity index (χ4v) is 0.410. The van der Waals surface area contributed by atoms with Crippen LogP contribution in [0.3, 0.4) is 0 Å². The van der Waals surface area contributed by atoms with Crippen LogP contribution in [0.5, 0.6) is 0 Å². The van der Waals surface area contributed by atoms with Gasteiger partial charge in [0.1, 0.15) is 0 Å². The van der Waals surface area contributed by atoms with Gasteiger partial charge in [0.2, 0.25) is 0 Å². The summed E-state index contributed by atoms with van der Waals surface area (Å²) in [6.07, 6.45) is -0.411. The number of hydrogen-bond donors (Lipinski definition) is 1. The van der Waals surface area contributed by atoms with Crippen LogP contribution in [0.15, 0.2) is 0 Å². The average Bonchev–Trinajstić information content (AvgIpc) is 1.68.